The second-order valence-corrected chi connectivity index (χ2v) is 3.83. The van der Waals surface area contributed by atoms with Crippen molar-refractivity contribution in [3.05, 3.63) is 35.9 Å². The normalized spacial score (nSPS) is 37.5. The Hall–Kier alpha value is -0.860. The van der Waals surface area contributed by atoms with Gasteiger partial charge in [-0.3, -0.25) is 0 Å². The van der Waals surface area contributed by atoms with Gasteiger partial charge in [0.2, 0.25) is 0 Å². The number of nitrogens with two attached hydrogens (primary N) is 1. The maximum absolute atomic E-state index is 5.96. The van der Waals surface area contributed by atoms with Gasteiger partial charge >= 0.3 is 0 Å². The van der Waals surface area contributed by atoms with Crippen molar-refractivity contribution in [2.75, 3.05) is 7.11 Å². The van der Waals surface area contributed by atoms with Gasteiger partial charge in [0.05, 0.1) is 6.10 Å². The van der Waals surface area contributed by atoms with E-state index in [0.717, 1.165) is 0 Å². The lowest BCUT2D eigenvalue weighted by Gasteiger charge is -2.10. The van der Waals surface area contributed by atoms with E-state index < -0.39 is 0 Å². The van der Waals surface area contributed by atoms with E-state index in [-0.39, 0.29) is 17.6 Å². The van der Waals surface area contributed by atoms with E-state index >= 15 is 0 Å². The fourth-order valence-corrected chi connectivity index (χ4v) is 2.05. The Kier molecular flexibility index (Phi) is 1.90. The van der Waals surface area contributed by atoms with Crippen LogP contribution in [0.5, 0.6) is 0 Å². The molecule has 0 bridgehead atoms. The van der Waals surface area contributed by atoms with Crippen molar-refractivity contribution >= 4 is 0 Å². The fourth-order valence-electron chi connectivity index (χ4n) is 2.05. The molecule has 0 unspecified atom stereocenters. The molecule has 70 valence electrons. The number of rotatable bonds is 2. The van der Waals surface area contributed by atoms with Gasteiger partial charge in [-0.1, -0.05) is 37.3 Å². The van der Waals surface area contributed by atoms with Crippen LogP contribution in [-0.4, -0.2) is 19.3 Å². The van der Waals surface area contributed by atoms with Gasteiger partial charge in [0.1, 0.15) is 0 Å². The maximum Gasteiger partial charge on any atom is 0.0841 e. The molecule has 0 heterocycles. The third-order valence-corrected chi connectivity index (χ3v) is 3.15. The largest absolute Gasteiger partial charge is 0.379 e. The molecule has 2 rings (SSSR count). The Labute approximate surface area is 78.7 Å². The van der Waals surface area contributed by atoms with Gasteiger partial charge in [-0.25, -0.2) is 0 Å². The van der Waals surface area contributed by atoms with E-state index in [9.17, 15) is 0 Å². The van der Waals surface area contributed by atoms with Crippen molar-refractivity contribution in [1.82, 2.24) is 0 Å². The predicted octanol–water partition coefficient (Wildman–Crippen LogP) is 1.30. The van der Waals surface area contributed by atoms with E-state index in [0.29, 0.717) is 0 Å². The van der Waals surface area contributed by atoms with Gasteiger partial charge < -0.3 is 10.5 Å². The summed E-state index contributed by atoms with van der Waals surface area (Å²) in [6.45, 7) is 2.15. The molecule has 0 radical (unpaired) electrons. The molecule has 1 fully saturated rings. The number of hydrogen-bond acceptors (Lipinski definition) is 2. The van der Waals surface area contributed by atoms with Crippen molar-refractivity contribution in [1.29, 1.82) is 0 Å². The van der Waals surface area contributed by atoms with E-state index in [1.165, 1.54) is 5.56 Å². The average Bonchev–Trinajstić information content (AvgIpc) is 2.72. The standard InChI is InChI=1S/C11H15NO/c1-11(9(12)10(11)13-2)8-6-4-3-5-7-8/h3-7,9-10H,12H2,1-2H3/t9-,10+,11+/m0/s1. The first-order chi connectivity index (χ1) is 6.21. The highest BCUT2D eigenvalue weighted by atomic mass is 16.5. The quantitative estimate of drug-likeness (QED) is 0.739. The lowest BCUT2D eigenvalue weighted by atomic mass is 9.97. The molecule has 0 aromatic heterocycles. The van der Waals surface area contributed by atoms with Crippen molar-refractivity contribution in [3.63, 3.8) is 0 Å². The van der Waals surface area contributed by atoms with Crippen LogP contribution < -0.4 is 5.73 Å². The zero-order chi connectivity index (χ0) is 9.47. The first kappa shape index (κ1) is 8.73. The summed E-state index contributed by atoms with van der Waals surface area (Å²) < 4.78 is 5.32. The van der Waals surface area contributed by atoms with Gasteiger partial charge in [0.15, 0.2) is 0 Å². The highest BCUT2D eigenvalue weighted by Gasteiger charge is 2.61. The van der Waals surface area contributed by atoms with E-state index in [1.807, 2.05) is 18.2 Å². The molecule has 2 heteroatoms. The van der Waals surface area contributed by atoms with Gasteiger partial charge in [0.25, 0.3) is 0 Å². The molecule has 0 aliphatic heterocycles. The van der Waals surface area contributed by atoms with Crippen LogP contribution in [0.1, 0.15) is 12.5 Å². The molecule has 1 aliphatic carbocycles. The summed E-state index contributed by atoms with van der Waals surface area (Å²) in [4.78, 5) is 0. The molecule has 0 amide bonds. The van der Waals surface area contributed by atoms with Gasteiger partial charge in [-0.15, -0.1) is 0 Å². The maximum atomic E-state index is 5.96. The molecule has 3 atom stereocenters. The summed E-state index contributed by atoms with van der Waals surface area (Å²) in [7, 11) is 1.72. The first-order valence-corrected chi connectivity index (χ1v) is 4.55. The minimum absolute atomic E-state index is 0.0238. The lowest BCUT2D eigenvalue weighted by molar-refractivity contribution is 0.162. The molecule has 0 spiro atoms. The smallest absolute Gasteiger partial charge is 0.0841 e. The number of methoxy groups -OCH3 is 1. The predicted molar refractivity (Wildman–Crippen MR) is 52.6 cm³/mol. The van der Waals surface area contributed by atoms with E-state index in [4.69, 9.17) is 10.5 Å². The number of hydrogen-bond donors (Lipinski definition) is 1. The zero-order valence-electron chi connectivity index (χ0n) is 8.03. The Morgan fingerprint density at radius 3 is 2.38 bits per heavy atom. The van der Waals surface area contributed by atoms with Crippen LogP contribution >= 0.6 is 0 Å². The average molecular weight is 177 g/mol. The molecular weight excluding hydrogens is 162 g/mol. The highest BCUT2D eigenvalue weighted by Crippen LogP contribution is 2.48. The first-order valence-electron chi connectivity index (χ1n) is 4.55. The van der Waals surface area contributed by atoms with E-state index in [1.54, 1.807) is 7.11 Å². The van der Waals surface area contributed by atoms with Crippen LogP contribution in [0.2, 0.25) is 0 Å². The topological polar surface area (TPSA) is 35.2 Å². The minimum atomic E-state index is 0.0238. The molecule has 1 aromatic carbocycles. The summed E-state index contributed by atoms with van der Waals surface area (Å²) in [5.41, 5.74) is 7.26. The molecular formula is C11H15NO. The fraction of sp³-hybridized carbons (Fsp3) is 0.455. The Morgan fingerprint density at radius 2 is 1.92 bits per heavy atom. The lowest BCUT2D eigenvalue weighted by Crippen LogP contribution is -2.14. The number of ether oxygens (including phenoxy) is 1. The van der Waals surface area contributed by atoms with Crippen molar-refractivity contribution in [3.8, 4) is 0 Å². The third-order valence-electron chi connectivity index (χ3n) is 3.15. The molecule has 2 N–H and O–H groups in total. The SMILES string of the molecule is CO[C@@H]1[C@H](N)[C@@]1(C)c1ccccc1. The second kappa shape index (κ2) is 2.82. The van der Waals surface area contributed by atoms with Crippen LogP contribution in [0.15, 0.2) is 30.3 Å². The molecule has 1 aromatic rings. The van der Waals surface area contributed by atoms with Gasteiger partial charge in [-0.2, -0.15) is 0 Å². The summed E-state index contributed by atoms with van der Waals surface area (Å²) in [6, 6.07) is 10.5. The van der Waals surface area contributed by atoms with Crippen molar-refractivity contribution in [2.24, 2.45) is 5.73 Å². The zero-order valence-corrected chi connectivity index (χ0v) is 8.03. The summed E-state index contributed by atoms with van der Waals surface area (Å²) in [5, 5.41) is 0. The minimum Gasteiger partial charge on any atom is -0.379 e. The van der Waals surface area contributed by atoms with Crippen LogP contribution in [0, 0.1) is 0 Å². The van der Waals surface area contributed by atoms with Crippen LogP contribution in [0.4, 0.5) is 0 Å². The molecule has 1 aliphatic rings. The summed E-state index contributed by atoms with van der Waals surface area (Å²) in [5.74, 6) is 0. The Balaban J connectivity index is 2.29. The van der Waals surface area contributed by atoms with Gasteiger partial charge in [0, 0.05) is 18.6 Å². The van der Waals surface area contributed by atoms with Crippen molar-refractivity contribution in [2.45, 2.75) is 24.5 Å². The van der Waals surface area contributed by atoms with E-state index in [2.05, 4.69) is 19.1 Å². The number of benzene rings is 1. The third kappa shape index (κ3) is 1.10. The summed E-state index contributed by atoms with van der Waals surface area (Å²) in [6.07, 6.45) is 0.176. The van der Waals surface area contributed by atoms with Crippen LogP contribution in [-0.2, 0) is 10.2 Å². The summed E-state index contributed by atoms with van der Waals surface area (Å²) >= 11 is 0. The Morgan fingerprint density at radius 1 is 1.31 bits per heavy atom. The Bertz CT molecular complexity index is 298. The molecule has 2 nitrogen and oxygen atoms in total. The monoisotopic (exact) mass is 177 g/mol. The molecule has 1 saturated carbocycles. The van der Waals surface area contributed by atoms with Crippen LogP contribution in [0.25, 0.3) is 0 Å². The molecule has 0 saturated heterocycles. The highest BCUT2D eigenvalue weighted by molar-refractivity contribution is 5.39. The second-order valence-electron chi connectivity index (χ2n) is 3.83. The van der Waals surface area contributed by atoms with Crippen molar-refractivity contribution < 1.29 is 4.74 Å². The van der Waals surface area contributed by atoms with Gasteiger partial charge in [-0.05, 0) is 5.56 Å². The molecule has 13 heavy (non-hydrogen) atoms. The van der Waals surface area contributed by atoms with Crippen LogP contribution in [0.3, 0.4) is 0 Å².